The maximum atomic E-state index is 10.8. The topological polar surface area (TPSA) is 114 Å². The van der Waals surface area contributed by atoms with Gasteiger partial charge in [-0.3, -0.25) is 10.2 Å². The second-order valence-electron chi connectivity index (χ2n) is 5.58. The molecule has 0 bridgehead atoms. The average Bonchev–Trinajstić information content (AvgIpc) is 2.47. The summed E-state index contributed by atoms with van der Waals surface area (Å²) in [6.07, 6.45) is 1.62. The molecule has 1 atom stereocenters. The van der Waals surface area contributed by atoms with Crippen molar-refractivity contribution in [1.29, 1.82) is 5.41 Å². The lowest BCUT2D eigenvalue weighted by atomic mass is 9.96. The van der Waals surface area contributed by atoms with E-state index in [1.165, 1.54) is 6.33 Å². The van der Waals surface area contributed by atoms with Gasteiger partial charge in [0.15, 0.2) is 12.4 Å². The SMILES string of the molecule is CC(C)Nc1ncnc(N)c1C(=N)c1ccc2c(c1)OC2C=O. The summed E-state index contributed by atoms with van der Waals surface area (Å²) in [5.41, 5.74) is 8.06. The first-order valence-corrected chi connectivity index (χ1v) is 7.23. The Labute approximate surface area is 133 Å². The molecule has 4 N–H and O–H groups in total. The van der Waals surface area contributed by atoms with E-state index in [1.807, 2.05) is 13.8 Å². The molecule has 1 aromatic carbocycles. The number of fused-ring (bicyclic) bond motifs is 1. The molecule has 0 spiro atoms. The zero-order chi connectivity index (χ0) is 16.6. The van der Waals surface area contributed by atoms with E-state index in [0.29, 0.717) is 22.7 Å². The third-order valence-electron chi connectivity index (χ3n) is 3.54. The van der Waals surface area contributed by atoms with Crippen LogP contribution in [-0.2, 0) is 4.79 Å². The molecule has 7 nitrogen and oxygen atoms in total. The van der Waals surface area contributed by atoms with E-state index in [9.17, 15) is 4.79 Å². The summed E-state index contributed by atoms with van der Waals surface area (Å²) in [5.74, 6) is 1.37. The number of aromatic nitrogens is 2. The molecular formula is C16H17N5O2. The maximum absolute atomic E-state index is 10.8. The number of aldehydes is 1. The van der Waals surface area contributed by atoms with Crippen molar-refractivity contribution in [2.75, 3.05) is 11.1 Å². The number of nitrogens with two attached hydrogens (primary N) is 1. The Hall–Kier alpha value is -2.96. The second kappa shape index (κ2) is 5.68. The van der Waals surface area contributed by atoms with Crippen LogP contribution in [0.3, 0.4) is 0 Å². The van der Waals surface area contributed by atoms with Gasteiger partial charge in [0.1, 0.15) is 23.7 Å². The number of nitrogen functional groups attached to an aromatic ring is 1. The molecule has 2 heterocycles. The number of nitrogens with one attached hydrogen (secondary N) is 2. The molecule has 1 unspecified atom stereocenters. The lowest BCUT2D eigenvalue weighted by Crippen LogP contribution is -2.21. The van der Waals surface area contributed by atoms with Crippen molar-refractivity contribution in [2.45, 2.75) is 26.0 Å². The van der Waals surface area contributed by atoms with Gasteiger partial charge >= 0.3 is 0 Å². The fourth-order valence-corrected chi connectivity index (χ4v) is 2.44. The fraction of sp³-hybridized carbons (Fsp3) is 0.250. The third-order valence-corrected chi connectivity index (χ3v) is 3.54. The van der Waals surface area contributed by atoms with Crippen LogP contribution in [0.5, 0.6) is 5.75 Å². The smallest absolute Gasteiger partial charge is 0.182 e. The largest absolute Gasteiger partial charge is 0.478 e. The van der Waals surface area contributed by atoms with Gasteiger partial charge in [-0.2, -0.15) is 0 Å². The van der Waals surface area contributed by atoms with Gasteiger partial charge in [0, 0.05) is 17.2 Å². The highest BCUT2D eigenvalue weighted by Gasteiger charge is 2.28. The standard InChI is InChI=1S/C16H17N5O2/c1-8(2)21-16-13(15(18)19-7-20-16)14(17)9-3-4-10-11(5-9)23-12(10)6-22/h3-8,12,17H,1-2H3,(H3,18,19,20,21). The molecule has 7 heteroatoms. The fourth-order valence-electron chi connectivity index (χ4n) is 2.44. The first kappa shape index (κ1) is 15.0. The van der Waals surface area contributed by atoms with Crippen LogP contribution in [0, 0.1) is 5.41 Å². The minimum absolute atomic E-state index is 0.143. The molecule has 0 radical (unpaired) electrons. The quantitative estimate of drug-likeness (QED) is 0.574. The molecule has 0 amide bonds. The van der Waals surface area contributed by atoms with Crippen LogP contribution in [0.15, 0.2) is 24.5 Å². The second-order valence-corrected chi connectivity index (χ2v) is 5.58. The summed E-state index contributed by atoms with van der Waals surface area (Å²) in [7, 11) is 0. The Morgan fingerprint density at radius 3 is 2.87 bits per heavy atom. The molecule has 0 saturated carbocycles. The Balaban J connectivity index is 1.98. The monoisotopic (exact) mass is 311 g/mol. The van der Waals surface area contributed by atoms with Gasteiger partial charge in [0.05, 0.1) is 11.3 Å². The molecular weight excluding hydrogens is 294 g/mol. The lowest BCUT2D eigenvalue weighted by Gasteiger charge is -2.27. The molecule has 0 fully saturated rings. The van der Waals surface area contributed by atoms with Crippen molar-refractivity contribution < 1.29 is 9.53 Å². The summed E-state index contributed by atoms with van der Waals surface area (Å²) in [5, 5.41) is 11.6. The number of hydrogen-bond acceptors (Lipinski definition) is 7. The van der Waals surface area contributed by atoms with Gasteiger partial charge in [0.25, 0.3) is 0 Å². The van der Waals surface area contributed by atoms with Crippen molar-refractivity contribution in [3.63, 3.8) is 0 Å². The van der Waals surface area contributed by atoms with E-state index in [-0.39, 0.29) is 17.6 Å². The van der Waals surface area contributed by atoms with Crippen LogP contribution in [0.4, 0.5) is 11.6 Å². The number of ether oxygens (including phenoxy) is 1. The minimum atomic E-state index is -0.503. The molecule has 0 aliphatic carbocycles. The van der Waals surface area contributed by atoms with Crippen molar-refractivity contribution in [3.05, 3.63) is 41.2 Å². The van der Waals surface area contributed by atoms with Crippen LogP contribution >= 0.6 is 0 Å². The van der Waals surface area contributed by atoms with E-state index in [2.05, 4.69) is 15.3 Å². The van der Waals surface area contributed by atoms with Crippen molar-refractivity contribution >= 4 is 23.6 Å². The molecule has 23 heavy (non-hydrogen) atoms. The molecule has 118 valence electrons. The molecule has 1 aromatic heterocycles. The van der Waals surface area contributed by atoms with Crippen LogP contribution in [0.2, 0.25) is 0 Å². The number of carbonyl (C=O) groups is 1. The maximum Gasteiger partial charge on any atom is 0.182 e. The van der Waals surface area contributed by atoms with Gasteiger partial charge < -0.3 is 15.8 Å². The first-order valence-electron chi connectivity index (χ1n) is 7.23. The normalized spacial score (nSPS) is 15.3. The Morgan fingerprint density at radius 2 is 2.22 bits per heavy atom. The zero-order valence-electron chi connectivity index (χ0n) is 12.8. The van der Waals surface area contributed by atoms with E-state index in [0.717, 1.165) is 11.8 Å². The highest BCUT2D eigenvalue weighted by atomic mass is 16.5. The third kappa shape index (κ3) is 2.61. The number of hydrogen-bond donors (Lipinski definition) is 3. The van der Waals surface area contributed by atoms with Crippen LogP contribution in [0.1, 0.15) is 36.6 Å². The predicted molar refractivity (Wildman–Crippen MR) is 87.0 cm³/mol. The van der Waals surface area contributed by atoms with Crippen LogP contribution < -0.4 is 15.8 Å². The molecule has 3 rings (SSSR count). The van der Waals surface area contributed by atoms with E-state index in [4.69, 9.17) is 15.9 Å². The highest BCUT2D eigenvalue weighted by Crippen LogP contribution is 2.39. The number of benzene rings is 1. The van der Waals surface area contributed by atoms with Gasteiger partial charge in [0.2, 0.25) is 0 Å². The van der Waals surface area contributed by atoms with Gasteiger partial charge in [-0.1, -0.05) is 12.1 Å². The Morgan fingerprint density at radius 1 is 1.43 bits per heavy atom. The summed E-state index contributed by atoms with van der Waals surface area (Å²) in [4.78, 5) is 18.9. The van der Waals surface area contributed by atoms with E-state index in [1.54, 1.807) is 18.2 Å². The van der Waals surface area contributed by atoms with Gasteiger partial charge in [-0.05, 0) is 19.9 Å². The molecule has 2 aromatic rings. The predicted octanol–water partition coefficient (Wildman–Crippen LogP) is 1.93. The van der Waals surface area contributed by atoms with Crippen molar-refractivity contribution in [2.24, 2.45) is 0 Å². The summed E-state index contributed by atoms with van der Waals surface area (Å²) < 4.78 is 5.34. The van der Waals surface area contributed by atoms with Crippen LogP contribution in [-0.4, -0.2) is 28.0 Å². The minimum Gasteiger partial charge on any atom is -0.478 e. The van der Waals surface area contributed by atoms with E-state index < -0.39 is 6.10 Å². The first-order chi connectivity index (χ1) is 11.0. The van der Waals surface area contributed by atoms with Gasteiger partial charge in [-0.15, -0.1) is 0 Å². The number of rotatable bonds is 5. The number of carbonyl (C=O) groups excluding carboxylic acids is 1. The molecule has 1 aliphatic rings. The summed E-state index contributed by atoms with van der Waals surface area (Å²) >= 11 is 0. The zero-order valence-corrected chi connectivity index (χ0v) is 12.8. The average molecular weight is 311 g/mol. The molecule has 0 saturated heterocycles. The summed E-state index contributed by atoms with van der Waals surface area (Å²) in [6, 6.07) is 5.43. The lowest BCUT2D eigenvalue weighted by molar-refractivity contribution is -0.115. The molecule has 1 aliphatic heterocycles. The number of nitrogens with zero attached hydrogens (tertiary/aromatic N) is 2. The van der Waals surface area contributed by atoms with Crippen LogP contribution in [0.25, 0.3) is 0 Å². The van der Waals surface area contributed by atoms with E-state index >= 15 is 0 Å². The Bertz CT molecular complexity index is 788. The highest BCUT2D eigenvalue weighted by molar-refractivity contribution is 6.16. The van der Waals surface area contributed by atoms with Gasteiger partial charge in [-0.25, -0.2) is 9.97 Å². The van der Waals surface area contributed by atoms with Crippen molar-refractivity contribution in [1.82, 2.24) is 9.97 Å². The van der Waals surface area contributed by atoms with Crippen molar-refractivity contribution in [3.8, 4) is 5.75 Å². The summed E-state index contributed by atoms with van der Waals surface area (Å²) in [6.45, 7) is 3.95. The Kier molecular flexibility index (Phi) is 3.69. The number of anilines is 2.